The lowest BCUT2D eigenvalue weighted by Crippen LogP contribution is -2.21. The summed E-state index contributed by atoms with van der Waals surface area (Å²) in [6.07, 6.45) is 22.4. The molecule has 164 valence electrons. The molecule has 0 atom stereocenters. The Balaban J connectivity index is 2.09. The van der Waals surface area contributed by atoms with E-state index in [1.54, 1.807) is 0 Å². The summed E-state index contributed by atoms with van der Waals surface area (Å²) in [6.45, 7) is 2.25. The minimum absolute atomic E-state index is 0.112. The number of hydrogen-bond acceptors (Lipinski definition) is 4. The van der Waals surface area contributed by atoms with Crippen LogP contribution in [0.15, 0.2) is 35.3 Å². The Morgan fingerprint density at radius 2 is 1.31 bits per heavy atom. The van der Waals surface area contributed by atoms with Gasteiger partial charge in [0.1, 0.15) is 0 Å². The molecule has 0 aromatic heterocycles. The normalized spacial score (nSPS) is 14.7. The number of unbranched alkanes of at least 4 members (excludes halogenated alkanes) is 11. The maximum Gasteiger partial charge on any atom is 0.227 e. The van der Waals surface area contributed by atoms with Crippen LogP contribution in [0.5, 0.6) is 0 Å². The quantitative estimate of drug-likeness (QED) is 0.155. The molecule has 29 heavy (non-hydrogen) atoms. The van der Waals surface area contributed by atoms with E-state index in [4.69, 9.17) is 9.47 Å². The number of rotatable bonds is 17. The molecule has 4 nitrogen and oxygen atoms in total. The third kappa shape index (κ3) is 9.96. The van der Waals surface area contributed by atoms with Gasteiger partial charge in [-0.1, -0.05) is 70.4 Å². The van der Waals surface area contributed by atoms with E-state index in [2.05, 4.69) is 19.1 Å². The number of allylic oxidation sites excluding steroid dienone is 4. The van der Waals surface area contributed by atoms with E-state index in [9.17, 15) is 9.59 Å². The van der Waals surface area contributed by atoms with E-state index in [1.165, 1.54) is 84.5 Å². The summed E-state index contributed by atoms with van der Waals surface area (Å²) in [4.78, 5) is 24.4. The van der Waals surface area contributed by atoms with Crippen molar-refractivity contribution in [2.45, 2.75) is 96.8 Å². The van der Waals surface area contributed by atoms with Crippen molar-refractivity contribution in [2.75, 3.05) is 14.2 Å². The van der Waals surface area contributed by atoms with Crippen molar-refractivity contribution in [3.63, 3.8) is 0 Å². The summed E-state index contributed by atoms with van der Waals surface area (Å²) in [5, 5.41) is 0. The Bertz CT molecular complexity index is 584. The van der Waals surface area contributed by atoms with Crippen LogP contribution in [0.4, 0.5) is 0 Å². The van der Waals surface area contributed by atoms with Crippen LogP contribution in [0.3, 0.4) is 0 Å². The summed E-state index contributed by atoms with van der Waals surface area (Å²) in [5.74, 6) is -0.216. The second-order valence-corrected chi connectivity index (χ2v) is 7.75. The Morgan fingerprint density at radius 3 is 1.86 bits per heavy atom. The molecule has 0 fully saturated rings. The van der Waals surface area contributed by atoms with E-state index in [0.717, 1.165) is 19.3 Å². The predicted molar refractivity (Wildman–Crippen MR) is 119 cm³/mol. The molecule has 1 rings (SSSR count). The van der Waals surface area contributed by atoms with Crippen molar-refractivity contribution in [3.8, 4) is 0 Å². The first-order valence-corrected chi connectivity index (χ1v) is 11.4. The van der Waals surface area contributed by atoms with Gasteiger partial charge in [0.25, 0.3) is 0 Å². The first-order valence-electron chi connectivity index (χ1n) is 11.4. The SMILES string of the molecule is CCCCCC/C=C\CCCCCCCCCC1=C(OC)C(=O)C=C(OC)C1=O. The molecule has 0 spiro atoms. The highest BCUT2D eigenvalue weighted by Gasteiger charge is 2.29. The Morgan fingerprint density at radius 1 is 0.759 bits per heavy atom. The molecule has 0 aliphatic heterocycles. The van der Waals surface area contributed by atoms with Crippen molar-refractivity contribution in [3.05, 3.63) is 35.3 Å². The summed E-state index contributed by atoms with van der Waals surface area (Å²) >= 11 is 0. The first-order chi connectivity index (χ1) is 14.2. The van der Waals surface area contributed by atoms with Crippen molar-refractivity contribution in [2.24, 2.45) is 0 Å². The highest BCUT2D eigenvalue weighted by atomic mass is 16.5. The van der Waals surface area contributed by atoms with Crippen LogP contribution in [0, 0.1) is 0 Å². The van der Waals surface area contributed by atoms with Gasteiger partial charge in [-0.05, 0) is 38.5 Å². The molecule has 0 heterocycles. The van der Waals surface area contributed by atoms with E-state index < -0.39 is 0 Å². The average Bonchev–Trinajstić information content (AvgIpc) is 2.72. The van der Waals surface area contributed by atoms with Gasteiger partial charge in [0, 0.05) is 11.6 Å². The van der Waals surface area contributed by atoms with Gasteiger partial charge in [0.05, 0.1) is 14.2 Å². The van der Waals surface area contributed by atoms with E-state index in [0.29, 0.717) is 12.0 Å². The van der Waals surface area contributed by atoms with Crippen molar-refractivity contribution >= 4 is 11.6 Å². The summed E-state index contributed by atoms with van der Waals surface area (Å²) in [5.41, 5.74) is 0.457. The van der Waals surface area contributed by atoms with Gasteiger partial charge in [-0.25, -0.2) is 0 Å². The second-order valence-electron chi connectivity index (χ2n) is 7.75. The maximum atomic E-state index is 12.4. The zero-order valence-corrected chi connectivity index (χ0v) is 18.8. The molecular weight excluding hydrogens is 364 g/mol. The number of ketones is 2. The number of hydrogen-bond donors (Lipinski definition) is 0. The van der Waals surface area contributed by atoms with Crippen molar-refractivity contribution in [1.29, 1.82) is 0 Å². The van der Waals surface area contributed by atoms with Crippen LogP contribution in [0.25, 0.3) is 0 Å². The topological polar surface area (TPSA) is 52.6 Å². The van der Waals surface area contributed by atoms with Gasteiger partial charge in [0.15, 0.2) is 11.5 Å². The molecule has 0 amide bonds. The molecule has 0 aromatic rings. The lowest BCUT2D eigenvalue weighted by molar-refractivity contribution is -0.120. The highest BCUT2D eigenvalue weighted by Crippen LogP contribution is 2.25. The van der Waals surface area contributed by atoms with E-state index >= 15 is 0 Å². The van der Waals surface area contributed by atoms with Crippen LogP contribution in [0.1, 0.15) is 96.8 Å². The molecule has 0 aromatic carbocycles. The minimum Gasteiger partial charge on any atom is -0.493 e. The number of ether oxygens (including phenoxy) is 2. The van der Waals surface area contributed by atoms with Crippen molar-refractivity contribution < 1.29 is 19.1 Å². The molecule has 1 aliphatic carbocycles. The van der Waals surface area contributed by atoms with Gasteiger partial charge >= 0.3 is 0 Å². The summed E-state index contributed by atoms with van der Waals surface area (Å²) < 4.78 is 10.2. The number of carbonyl (C=O) groups is 2. The van der Waals surface area contributed by atoms with Crippen LogP contribution < -0.4 is 0 Å². The predicted octanol–water partition coefficient (Wildman–Crippen LogP) is 6.61. The fourth-order valence-corrected chi connectivity index (χ4v) is 3.63. The maximum absolute atomic E-state index is 12.4. The minimum atomic E-state index is -0.283. The molecule has 1 aliphatic rings. The Labute approximate surface area is 177 Å². The molecule has 0 saturated carbocycles. The lowest BCUT2D eigenvalue weighted by atomic mass is 9.94. The fraction of sp³-hybridized carbons (Fsp3) is 0.680. The monoisotopic (exact) mass is 404 g/mol. The summed E-state index contributed by atoms with van der Waals surface area (Å²) in [7, 11) is 2.85. The second kappa shape index (κ2) is 16.0. The Hall–Kier alpha value is -1.84. The summed E-state index contributed by atoms with van der Waals surface area (Å²) in [6, 6.07) is 0. The Kier molecular flexibility index (Phi) is 13.9. The molecule has 0 N–H and O–H groups in total. The van der Waals surface area contributed by atoms with E-state index in [-0.39, 0.29) is 23.1 Å². The zero-order valence-electron chi connectivity index (χ0n) is 18.8. The standard InChI is InChI=1S/C25H40O4/c1-4-5-6-7-8-9-10-11-12-13-14-15-16-17-18-19-21-24(27)23(28-2)20-22(26)25(21)29-3/h9-10,20H,4-8,11-19H2,1-3H3/b10-9-. The van der Waals surface area contributed by atoms with Crippen LogP contribution in [0.2, 0.25) is 0 Å². The smallest absolute Gasteiger partial charge is 0.227 e. The zero-order chi connectivity index (χ0) is 21.3. The highest BCUT2D eigenvalue weighted by molar-refractivity contribution is 6.21. The molecular formula is C25H40O4. The number of methoxy groups -OCH3 is 2. The van der Waals surface area contributed by atoms with Crippen LogP contribution >= 0.6 is 0 Å². The van der Waals surface area contributed by atoms with Gasteiger partial charge in [0.2, 0.25) is 11.6 Å². The van der Waals surface area contributed by atoms with Gasteiger partial charge < -0.3 is 9.47 Å². The molecule has 0 saturated heterocycles. The number of Topliss-reactive ketones (excluding diaryl/α,β-unsaturated/α-hetero) is 1. The van der Waals surface area contributed by atoms with Gasteiger partial charge in [-0.3, -0.25) is 9.59 Å². The van der Waals surface area contributed by atoms with Gasteiger partial charge in [-0.2, -0.15) is 0 Å². The van der Waals surface area contributed by atoms with E-state index in [1.807, 2.05) is 0 Å². The largest absolute Gasteiger partial charge is 0.493 e. The average molecular weight is 405 g/mol. The van der Waals surface area contributed by atoms with Crippen molar-refractivity contribution in [1.82, 2.24) is 0 Å². The lowest BCUT2D eigenvalue weighted by Gasteiger charge is -2.17. The molecule has 0 unspecified atom stereocenters. The first kappa shape index (κ1) is 25.2. The third-order valence-electron chi connectivity index (χ3n) is 5.37. The van der Waals surface area contributed by atoms with Gasteiger partial charge in [-0.15, -0.1) is 0 Å². The van der Waals surface area contributed by atoms with Crippen LogP contribution in [-0.2, 0) is 19.1 Å². The molecule has 0 bridgehead atoms. The fourth-order valence-electron chi connectivity index (χ4n) is 3.63. The molecule has 0 radical (unpaired) electrons. The van der Waals surface area contributed by atoms with Crippen LogP contribution in [-0.4, -0.2) is 25.8 Å². The number of carbonyl (C=O) groups excluding carboxylic acids is 2. The molecule has 4 heteroatoms. The third-order valence-corrected chi connectivity index (χ3v) is 5.37.